The van der Waals surface area contributed by atoms with E-state index in [-0.39, 0.29) is 5.60 Å². The molecule has 1 saturated heterocycles. The Morgan fingerprint density at radius 3 is 2.76 bits per heavy atom. The first-order chi connectivity index (χ1) is 16.6. The van der Waals surface area contributed by atoms with E-state index >= 15 is 0 Å². The minimum Gasteiger partial charge on any atom is -0.378 e. The molecule has 3 aliphatic rings. The first kappa shape index (κ1) is 21.4. The largest absolute Gasteiger partial charge is 0.378 e. The Labute approximate surface area is 199 Å². The van der Waals surface area contributed by atoms with E-state index in [1.165, 1.54) is 5.56 Å². The number of imidazole rings is 1. The highest BCUT2D eigenvalue weighted by molar-refractivity contribution is 6.00. The van der Waals surface area contributed by atoms with Gasteiger partial charge in [0.15, 0.2) is 11.5 Å². The van der Waals surface area contributed by atoms with Gasteiger partial charge in [-0.15, -0.1) is 0 Å². The van der Waals surface area contributed by atoms with Gasteiger partial charge in [-0.25, -0.2) is 9.97 Å². The van der Waals surface area contributed by atoms with Crippen LogP contribution in [0.25, 0.3) is 11.2 Å². The number of anilines is 2. The second kappa shape index (κ2) is 8.56. The van der Waals surface area contributed by atoms with Gasteiger partial charge in [0.1, 0.15) is 11.4 Å². The molecule has 4 heterocycles. The predicted octanol–water partition coefficient (Wildman–Crippen LogP) is 2.53. The number of morpholine rings is 1. The maximum absolute atomic E-state index is 5.79. The molecule has 0 atom stereocenters. The van der Waals surface area contributed by atoms with Crippen LogP contribution in [-0.4, -0.2) is 72.5 Å². The number of rotatable bonds is 6. The number of ether oxygens (including phenoxy) is 2. The number of pyridine rings is 1. The molecule has 2 aliphatic heterocycles. The van der Waals surface area contributed by atoms with Crippen LogP contribution in [0.4, 0.5) is 11.5 Å². The van der Waals surface area contributed by atoms with E-state index in [0.29, 0.717) is 6.54 Å². The van der Waals surface area contributed by atoms with Crippen molar-refractivity contribution in [1.29, 1.82) is 0 Å². The minimum atomic E-state index is -0.0845. The van der Waals surface area contributed by atoms with Crippen LogP contribution in [0.5, 0.6) is 0 Å². The third kappa shape index (κ3) is 3.99. The van der Waals surface area contributed by atoms with Crippen molar-refractivity contribution in [3.8, 4) is 0 Å². The van der Waals surface area contributed by atoms with Crippen molar-refractivity contribution in [3.05, 3.63) is 47.8 Å². The van der Waals surface area contributed by atoms with Crippen LogP contribution >= 0.6 is 0 Å². The molecule has 2 fully saturated rings. The summed E-state index contributed by atoms with van der Waals surface area (Å²) in [5, 5.41) is 2.11. The van der Waals surface area contributed by atoms with E-state index in [1.54, 1.807) is 7.11 Å². The molecule has 9 heteroatoms. The Hall–Kier alpha value is -3.17. The number of amidine groups is 1. The molecule has 2 aromatic heterocycles. The molecule has 0 spiro atoms. The smallest absolute Gasteiger partial charge is 0.164 e. The number of aromatic nitrogens is 3. The number of aliphatic imine (C=N–C) groups is 1. The summed E-state index contributed by atoms with van der Waals surface area (Å²) in [7, 11) is 1.80. The third-order valence-electron chi connectivity index (χ3n) is 6.99. The van der Waals surface area contributed by atoms with Gasteiger partial charge in [-0.2, -0.15) is 0 Å². The second-order valence-corrected chi connectivity index (χ2v) is 9.39. The fourth-order valence-electron chi connectivity index (χ4n) is 4.78. The van der Waals surface area contributed by atoms with Crippen molar-refractivity contribution >= 4 is 28.5 Å². The summed E-state index contributed by atoms with van der Waals surface area (Å²) in [6, 6.07) is 10.6. The van der Waals surface area contributed by atoms with E-state index in [0.717, 1.165) is 86.3 Å². The van der Waals surface area contributed by atoms with E-state index < -0.39 is 0 Å². The van der Waals surface area contributed by atoms with Crippen LogP contribution in [0.15, 0.2) is 41.7 Å². The summed E-state index contributed by atoms with van der Waals surface area (Å²) < 4.78 is 13.6. The zero-order valence-electron chi connectivity index (χ0n) is 19.8. The summed E-state index contributed by atoms with van der Waals surface area (Å²) in [6.07, 6.45) is 4.06. The Morgan fingerprint density at radius 2 is 2.00 bits per heavy atom. The van der Waals surface area contributed by atoms with Gasteiger partial charge >= 0.3 is 0 Å². The number of fused-ring (bicyclic) bond motifs is 1. The number of nitrogens with one attached hydrogen (secondary N) is 1. The molecule has 1 N–H and O–H groups in total. The van der Waals surface area contributed by atoms with Gasteiger partial charge in [-0.05, 0) is 25.8 Å². The first-order valence-corrected chi connectivity index (χ1v) is 12.0. The zero-order valence-corrected chi connectivity index (χ0v) is 19.8. The average Bonchev–Trinajstić information content (AvgIpc) is 3.56. The maximum Gasteiger partial charge on any atom is 0.164 e. The first-order valence-electron chi connectivity index (χ1n) is 12.0. The fraction of sp³-hybridized carbons (Fsp3) is 0.480. The number of benzene rings is 1. The monoisotopic (exact) mass is 461 g/mol. The van der Waals surface area contributed by atoms with E-state index in [9.17, 15) is 0 Å². The number of aryl methyl sites for hydroxylation is 1. The van der Waals surface area contributed by atoms with Crippen LogP contribution in [0, 0.1) is 6.92 Å². The summed E-state index contributed by atoms with van der Waals surface area (Å²) >= 11 is 0. The van der Waals surface area contributed by atoms with Gasteiger partial charge in [0.05, 0.1) is 50.5 Å². The van der Waals surface area contributed by atoms with Crippen molar-refractivity contribution in [1.82, 2.24) is 20.0 Å². The van der Waals surface area contributed by atoms with E-state index in [2.05, 4.69) is 57.2 Å². The van der Waals surface area contributed by atoms with Crippen molar-refractivity contribution in [2.75, 3.05) is 56.4 Å². The van der Waals surface area contributed by atoms with Gasteiger partial charge < -0.3 is 18.9 Å². The molecule has 9 nitrogen and oxygen atoms in total. The van der Waals surface area contributed by atoms with Crippen LogP contribution in [0.3, 0.4) is 0 Å². The van der Waals surface area contributed by atoms with Crippen molar-refractivity contribution in [3.63, 3.8) is 0 Å². The standard InChI is InChI=1S/C25H31N7O2/c1-18-4-3-5-19(14-18)23-26-8-9-32(29-23)21-15-20(30-10-12-34-13-11-30)22-24(28-21)31(17-27-22)16-25(33-2)6-7-25/h3-5,14-15,17H,6-13,16H2,1-2H3,(H,26,29). The second-order valence-electron chi connectivity index (χ2n) is 9.39. The minimum absolute atomic E-state index is 0.0845. The van der Waals surface area contributed by atoms with Crippen LogP contribution < -0.4 is 15.3 Å². The molecular weight excluding hydrogens is 430 g/mol. The Bertz CT molecular complexity index is 1230. The topological polar surface area (TPSA) is 80.0 Å². The molecule has 1 aliphatic carbocycles. The molecule has 3 aromatic rings. The number of hydrogen-bond acceptors (Lipinski definition) is 8. The molecule has 0 bridgehead atoms. The Morgan fingerprint density at radius 1 is 1.15 bits per heavy atom. The quantitative estimate of drug-likeness (QED) is 0.604. The van der Waals surface area contributed by atoms with E-state index in [4.69, 9.17) is 24.4 Å². The van der Waals surface area contributed by atoms with Gasteiger partial charge in [0.2, 0.25) is 0 Å². The molecule has 178 valence electrons. The van der Waals surface area contributed by atoms with Crippen molar-refractivity contribution in [2.24, 2.45) is 4.99 Å². The molecular formula is C25H31N7O2. The highest BCUT2D eigenvalue weighted by Gasteiger charge is 2.43. The number of nitrogens with zero attached hydrogens (tertiary/aromatic N) is 6. The summed E-state index contributed by atoms with van der Waals surface area (Å²) in [5.74, 6) is 1.74. The van der Waals surface area contributed by atoms with Crippen molar-refractivity contribution in [2.45, 2.75) is 31.9 Å². The lowest BCUT2D eigenvalue weighted by Crippen LogP contribution is -2.48. The van der Waals surface area contributed by atoms with Crippen molar-refractivity contribution < 1.29 is 9.47 Å². The number of methoxy groups -OCH3 is 1. The normalized spacial score (nSPS) is 19.8. The fourth-order valence-corrected chi connectivity index (χ4v) is 4.78. The van der Waals surface area contributed by atoms with Crippen LogP contribution in [0.1, 0.15) is 24.0 Å². The predicted molar refractivity (Wildman–Crippen MR) is 133 cm³/mol. The lowest BCUT2D eigenvalue weighted by Gasteiger charge is -2.32. The number of hydrogen-bond donors (Lipinski definition) is 1. The molecule has 0 radical (unpaired) electrons. The van der Waals surface area contributed by atoms with Gasteiger partial charge in [-0.3, -0.25) is 15.4 Å². The zero-order chi connectivity index (χ0) is 23.1. The Balaban J connectivity index is 1.38. The summed E-state index contributed by atoms with van der Waals surface area (Å²) in [5.41, 5.74) is 8.65. The van der Waals surface area contributed by atoms with Gasteiger partial charge in [0, 0.05) is 31.8 Å². The molecule has 0 unspecified atom stereocenters. The van der Waals surface area contributed by atoms with Gasteiger partial charge in [-0.1, -0.05) is 23.8 Å². The third-order valence-corrected chi connectivity index (χ3v) is 6.99. The van der Waals surface area contributed by atoms with Crippen LogP contribution in [0.2, 0.25) is 0 Å². The van der Waals surface area contributed by atoms with Crippen LogP contribution in [-0.2, 0) is 16.0 Å². The Kier molecular flexibility index (Phi) is 5.38. The lowest BCUT2D eigenvalue weighted by molar-refractivity contribution is 0.0659. The average molecular weight is 462 g/mol. The maximum atomic E-state index is 5.79. The molecule has 1 aromatic carbocycles. The highest BCUT2D eigenvalue weighted by atomic mass is 16.5. The molecule has 0 amide bonds. The molecule has 1 saturated carbocycles. The molecule has 34 heavy (non-hydrogen) atoms. The summed E-state index contributed by atoms with van der Waals surface area (Å²) in [6.45, 7) is 7.44. The highest BCUT2D eigenvalue weighted by Crippen LogP contribution is 2.41. The van der Waals surface area contributed by atoms with Gasteiger partial charge in [0.25, 0.3) is 0 Å². The lowest BCUT2D eigenvalue weighted by atomic mass is 10.1. The molecule has 6 rings (SSSR count). The summed E-state index contributed by atoms with van der Waals surface area (Å²) in [4.78, 5) is 17.0. The SMILES string of the molecule is COC1(Cn2cnc3c(N4CCOCC4)cc(N4CCN=C(c5cccc(C)c5)N4)nc32)CC1. The van der Waals surface area contributed by atoms with E-state index in [1.807, 2.05) is 6.33 Å². The number of hydrazine groups is 1.